The number of hydrogen-bond donors (Lipinski definition) is 1. The average Bonchev–Trinajstić information content (AvgIpc) is 3.17. The summed E-state index contributed by atoms with van der Waals surface area (Å²) in [6.45, 7) is 7.01. The van der Waals surface area contributed by atoms with Crippen LogP contribution in [-0.4, -0.2) is 50.8 Å². The minimum absolute atomic E-state index is 0.0111. The summed E-state index contributed by atoms with van der Waals surface area (Å²) in [5, 5.41) is 3.43. The molecule has 0 radical (unpaired) electrons. The number of rotatable bonds is 8. The lowest BCUT2D eigenvalue weighted by Gasteiger charge is -2.26. The Morgan fingerprint density at radius 1 is 1.21 bits per heavy atom. The lowest BCUT2D eigenvalue weighted by molar-refractivity contribution is -0.137. The number of amides is 1. The number of carbonyl (C=O) groups is 1. The van der Waals surface area contributed by atoms with Crippen LogP contribution in [0.2, 0.25) is 0 Å². The molecule has 1 N–H and O–H groups in total. The van der Waals surface area contributed by atoms with Crippen molar-refractivity contribution in [1.29, 1.82) is 0 Å². The Labute approximate surface area is 165 Å². The van der Waals surface area contributed by atoms with E-state index in [9.17, 15) is 4.79 Å². The lowest BCUT2D eigenvalue weighted by atomic mass is 10.1. The first kappa shape index (κ1) is 20.2. The van der Waals surface area contributed by atoms with Crippen LogP contribution in [0.25, 0.3) is 0 Å². The maximum absolute atomic E-state index is 12.2. The molecule has 7 nitrogen and oxygen atoms in total. The van der Waals surface area contributed by atoms with Crippen molar-refractivity contribution in [1.82, 2.24) is 10.2 Å². The number of morpholine rings is 1. The molecule has 2 heterocycles. The van der Waals surface area contributed by atoms with Crippen LogP contribution in [0.1, 0.15) is 30.0 Å². The smallest absolute Gasteiger partial charge is 0.260 e. The highest BCUT2D eigenvalue weighted by atomic mass is 16.5. The maximum atomic E-state index is 12.2. The van der Waals surface area contributed by atoms with Crippen LogP contribution in [-0.2, 0) is 16.1 Å². The van der Waals surface area contributed by atoms with Crippen LogP contribution >= 0.6 is 0 Å². The van der Waals surface area contributed by atoms with Gasteiger partial charge in [0.25, 0.3) is 5.91 Å². The summed E-state index contributed by atoms with van der Waals surface area (Å²) < 4.78 is 22.1. The zero-order valence-corrected chi connectivity index (χ0v) is 16.7. The molecule has 0 aliphatic carbocycles. The van der Waals surface area contributed by atoms with Gasteiger partial charge in [-0.2, -0.15) is 0 Å². The van der Waals surface area contributed by atoms with Crippen molar-refractivity contribution < 1.29 is 23.4 Å². The van der Waals surface area contributed by atoms with Crippen molar-refractivity contribution in [2.24, 2.45) is 0 Å². The zero-order chi connectivity index (χ0) is 19.9. The predicted molar refractivity (Wildman–Crippen MR) is 105 cm³/mol. The van der Waals surface area contributed by atoms with E-state index in [0.717, 1.165) is 17.1 Å². The molecule has 1 fully saturated rings. The van der Waals surface area contributed by atoms with Gasteiger partial charge in [0.05, 0.1) is 26.4 Å². The quantitative estimate of drug-likeness (QED) is 0.750. The molecule has 152 valence electrons. The maximum Gasteiger partial charge on any atom is 0.260 e. The first-order valence-corrected chi connectivity index (χ1v) is 9.52. The van der Waals surface area contributed by atoms with E-state index in [0.29, 0.717) is 44.3 Å². The van der Waals surface area contributed by atoms with Crippen LogP contribution in [0.5, 0.6) is 11.5 Å². The molecule has 0 saturated carbocycles. The highest BCUT2D eigenvalue weighted by Gasteiger charge is 2.18. The van der Waals surface area contributed by atoms with Crippen molar-refractivity contribution in [3.63, 3.8) is 0 Å². The summed E-state index contributed by atoms with van der Waals surface area (Å²) in [6, 6.07) is 9.76. The van der Waals surface area contributed by atoms with Crippen LogP contribution in [0.3, 0.4) is 0 Å². The Hall–Kier alpha value is -2.51. The standard InChI is InChI=1S/C21H28N2O5/c1-15-4-6-18(28-15)16(2)22-13-17-5-7-19(20(12-17)25-3)27-14-21(24)23-8-10-26-11-9-23/h4-7,12,16,22H,8-11,13-14H2,1-3H3. The van der Waals surface area contributed by atoms with Gasteiger partial charge in [-0.15, -0.1) is 0 Å². The Balaban J connectivity index is 1.54. The van der Waals surface area contributed by atoms with E-state index >= 15 is 0 Å². The van der Waals surface area contributed by atoms with Crippen LogP contribution < -0.4 is 14.8 Å². The summed E-state index contributed by atoms with van der Waals surface area (Å²) in [5.74, 6) is 2.93. The van der Waals surface area contributed by atoms with Gasteiger partial charge in [-0.3, -0.25) is 4.79 Å². The summed E-state index contributed by atoms with van der Waals surface area (Å²) in [4.78, 5) is 14.0. The third kappa shape index (κ3) is 5.27. The van der Waals surface area contributed by atoms with Crippen molar-refractivity contribution in [3.8, 4) is 11.5 Å². The van der Waals surface area contributed by atoms with E-state index in [1.165, 1.54) is 0 Å². The molecule has 2 aromatic rings. The fraction of sp³-hybridized carbons (Fsp3) is 0.476. The Morgan fingerprint density at radius 3 is 2.68 bits per heavy atom. The normalized spacial score (nSPS) is 15.3. The largest absolute Gasteiger partial charge is 0.493 e. The SMILES string of the molecule is COc1cc(CNC(C)c2ccc(C)o2)ccc1OCC(=O)N1CCOCC1. The van der Waals surface area contributed by atoms with E-state index in [1.807, 2.05) is 37.3 Å². The van der Waals surface area contributed by atoms with Gasteiger partial charge in [-0.05, 0) is 43.7 Å². The summed E-state index contributed by atoms with van der Waals surface area (Å²) >= 11 is 0. The zero-order valence-electron chi connectivity index (χ0n) is 16.7. The lowest BCUT2D eigenvalue weighted by Crippen LogP contribution is -2.43. The van der Waals surface area contributed by atoms with Gasteiger partial charge >= 0.3 is 0 Å². The van der Waals surface area contributed by atoms with Crippen LogP contribution in [0.4, 0.5) is 0 Å². The average molecular weight is 388 g/mol. The molecule has 1 aromatic carbocycles. The van der Waals surface area contributed by atoms with Gasteiger partial charge < -0.3 is 28.8 Å². The van der Waals surface area contributed by atoms with Gasteiger partial charge in [0.15, 0.2) is 18.1 Å². The molecule has 1 aromatic heterocycles. The minimum atomic E-state index is -0.0429. The highest BCUT2D eigenvalue weighted by molar-refractivity contribution is 5.78. The molecule has 1 aliphatic heterocycles. The Morgan fingerprint density at radius 2 is 2.00 bits per heavy atom. The second-order valence-corrected chi connectivity index (χ2v) is 6.82. The van der Waals surface area contributed by atoms with E-state index < -0.39 is 0 Å². The summed E-state index contributed by atoms with van der Waals surface area (Å²) in [5.41, 5.74) is 1.05. The number of hydrogen-bond acceptors (Lipinski definition) is 6. The Bertz CT molecular complexity index is 783. The topological polar surface area (TPSA) is 73.2 Å². The fourth-order valence-corrected chi connectivity index (χ4v) is 3.04. The number of nitrogens with zero attached hydrogens (tertiary/aromatic N) is 1. The molecular weight excluding hydrogens is 360 g/mol. The van der Waals surface area contributed by atoms with Gasteiger partial charge in [-0.25, -0.2) is 0 Å². The van der Waals surface area contributed by atoms with Crippen molar-refractivity contribution in [3.05, 3.63) is 47.4 Å². The predicted octanol–water partition coefficient (Wildman–Crippen LogP) is 2.69. The molecular formula is C21H28N2O5. The third-order valence-electron chi connectivity index (χ3n) is 4.74. The number of nitrogens with one attached hydrogen (secondary N) is 1. The van der Waals surface area contributed by atoms with Gasteiger partial charge in [0.2, 0.25) is 0 Å². The Kier molecular flexibility index (Phi) is 6.95. The molecule has 7 heteroatoms. The van der Waals surface area contributed by atoms with Crippen molar-refractivity contribution >= 4 is 5.91 Å². The molecule has 1 amide bonds. The summed E-state index contributed by atoms with van der Waals surface area (Å²) in [7, 11) is 1.59. The molecule has 28 heavy (non-hydrogen) atoms. The van der Waals surface area contributed by atoms with Crippen LogP contribution in [0, 0.1) is 6.92 Å². The molecule has 3 rings (SSSR count). The van der Waals surface area contributed by atoms with E-state index in [2.05, 4.69) is 12.2 Å². The molecule has 1 unspecified atom stereocenters. The number of methoxy groups -OCH3 is 1. The van der Waals surface area contributed by atoms with Gasteiger partial charge in [-0.1, -0.05) is 6.07 Å². The van der Waals surface area contributed by atoms with Crippen molar-refractivity contribution in [2.75, 3.05) is 40.0 Å². The first-order valence-electron chi connectivity index (χ1n) is 9.52. The minimum Gasteiger partial charge on any atom is -0.493 e. The number of aryl methyl sites for hydroxylation is 1. The first-order chi connectivity index (χ1) is 13.6. The van der Waals surface area contributed by atoms with E-state index in [-0.39, 0.29) is 18.6 Å². The van der Waals surface area contributed by atoms with E-state index in [1.54, 1.807) is 12.0 Å². The molecule has 1 atom stereocenters. The summed E-state index contributed by atoms with van der Waals surface area (Å²) in [6.07, 6.45) is 0. The number of ether oxygens (including phenoxy) is 3. The molecule has 0 spiro atoms. The number of benzene rings is 1. The monoisotopic (exact) mass is 388 g/mol. The molecule has 1 aliphatic rings. The second-order valence-electron chi connectivity index (χ2n) is 6.82. The number of carbonyl (C=O) groups excluding carboxylic acids is 1. The molecule has 1 saturated heterocycles. The van der Waals surface area contributed by atoms with Crippen LogP contribution in [0.15, 0.2) is 34.7 Å². The van der Waals surface area contributed by atoms with Gasteiger partial charge in [0, 0.05) is 19.6 Å². The highest BCUT2D eigenvalue weighted by Crippen LogP contribution is 2.28. The fourth-order valence-electron chi connectivity index (χ4n) is 3.04. The number of furan rings is 1. The van der Waals surface area contributed by atoms with E-state index in [4.69, 9.17) is 18.6 Å². The van der Waals surface area contributed by atoms with Crippen molar-refractivity contribution in [2.45, 2.75) is 26.4 Å². The van der Waals surface area contributed by atoms with Gasteiger partial charge in [0.1, 0.15) is 11.5 Å². The third-order valence-corrected chi connectivity index (χ3v) is 4.74. The second kappa shape index (κ2) is 9.61. The molecule has 0 bridgehead atoms.